The third-order valence-corrected chi connectivity index (χ3v) is 4.89. The van der Waals surface area contributed by atoms with Crippen molar-refractivity contribution in [3.05, 3.63) is 35.4 Å². The van der Waals surface area contributed by atoms with Crippen LogP contribution in [0.2, 0.25) is 0 Å². The van der Waals surface area contributed by atoms with E-state index in [0.29, 0.717) is 24.0 Å². The number of rotatable bonds is 1. The van der Waals surface area contributed by atoms with Crippen LogP contribution >= 0.6 is 11.8 Å². The first-order valence-corrected chi connectivity index (χ1v) is 7.42. The number of esters is 1. The van der Waals surface area contributed by atoms with Gasteiger partial charge < -0.3 is 9.84 Å². The van der Waals surface area contributed by atoms with Crippen molar-refractivity contribution in [1.82, 2.24) is 0 Å². The Morgan fingerprint density at radius 2 is 2.00 bits per heavy atom. The highest BCUT2D eigenvalue weighted by Crippen LogP contribution is 2.46. The molecule has 2 heterocycles. The lowest BCUT2D eigenvalue weighted by Crippen LogP contribution is -2.50. The zero-order chi connectivity index (χ0) is 13.5. The van der Waals surface area contributed by atoms with Gasteiger partial charge in [-0.05, 0) is 36.0 Å². The third kappa shape index (κ3) is 1.92. The van der Waals surface area contributed by atoms with Gasteiger partial charge in [-0.2, -0.15) is 11.8 Å². The number of ether oxygens (including phenoxy) is 1. The van der Waals surface area contributed by atoms with Crippen molar-refractivity contribution in [3.63, 3.8) is 0 Å². The highest BCUT2D eigenvalue weighted by Gasteiger charge is 2.52. The minimum Gasteiger partial charge on any atom is -0.481 e. The molecule has 2 aliphatic heterocycles. The summed E-state index contributed by atoms with van der Waals surface area (Å²) in [7, 11) is 0. The molecule has 0 amide bonds. The van der Waals surface area contributed by atoms with Gasteiger partial charge in [0.2, 0.25) is 0 Å². The molecule has 1 N–H and O–H groups in total. The molecule has 5 heteroatoms. The molecular weight excluding hydrogens is 264 g/mol. The van der Waals surface area contributed by atoms with E-state index in [1.807, 2.05) is 0 Å². The van der Waals surface area contributed by atoms with Gasteiger partial charge in [0.25, 0.3) is 0 Å². The second kappa shape index (κ2) is 4.56. The lowest BCUT2D eigenvalue weighted by molar-refractivity contribution is -0.147. The summed E-state index contributed by atoms with van der Waals surface area (Å²) in [5.41, 5.74) is 0.125. The molecule has 4 nitrogen and oxygen atoms in total. The summed E-state index contributed by atoms with van der Waals surface area (Å²) >= 11 is 1.77. The minimum atomic E-state index is -0.910. The van der Waals surface area contributed by atoms with Crippen LogP contribution in [0, 0.1) is 0 Å². The fourth-order valence-corrected chi connectivity index (χ4v) is 4.17. The van der Waals surface area contributed by atoms with Crippen LogP contribution in [0.25, 0.3) is 0 Å². The van der Waals surface area contributed by atoms with Gasteiger partial charge in [-0.1, -0.05) is 18.2 Å². The molecule has 0 radical (unpaired) electrons. The number of carboxylic acids is 1. The van der Waals surface area contributed by atoms with Gasteiger partial charge in [0, 0.05) is 0 Å². The van der Waals surface area contributed by atoms with Gasteiger partial charge in [-0.15, -0.1) is 0 Å². The molecule has 1 aromatic carbocycles. The Balaban J connectivity index is 2.13. The number of carboxylic acid groups (broad SMARTS) is 1. The maximum atomic E-state index is 12.1. The van der Waals surface area contributed by atoms with Crippen LogP contribution in [0.5, 0.6) is 0 Å². The van der Waals surface area contributed by atoms with E-state index in [4.69, 9.17) is 4.74 Å². The summed E-state index contributed by atoms with van der Waals surface area (Å²) < 4.78 is 5.58. The number of carbonyl (C=O) groups is 2. The van der Waals surface area contributed by atoms with Crippen molar-refractivity contribution in [3.8, 4) is 0 Å². The largest absolute Gasteiger partial charge is 0.481 e. The summed E-state index contributed by atoms with van der Waals surface area (Å²) in [6.45, 7) is 0. The average molecular weight is 278 g/mol. The molecule has 2 aliphatic rings. The Morgan fingerprint density at radius 3 is 2.68 bits per heavy atom. The SMILES string of the molecule is O=C1OC2(CCSCC2)[C@@H](C(=O)O)c2ccccc21. The van der Waals surface area contributed by atoms with Crippen LogP contribution < -0.4 is 0 Å². The Bertz CT molecular complexity index is 534. The zero-order valence-corrected chi connectivity index (χ0v) is 11.1. The van der Waals surface area contributed by atoms with Crippen molar-refractivity contribution in [2.75, 3.05) is 11.5 Å². The fraction of sp³-hybridized carbons (Fsp3) is 0.429. The highest BCUT2D eigenvalue weighted by molar-refractivity contribution is 7.99. The average Bonchev–Trinajstić information content (AvgIpc) is 2.39. The van der Waals surface area contributed by atoms with E-state index in [-0.39, 0.29) is 5.97 Å². The lowest BCUT2D eigenvalue weighted by atomic mass is 9.74. The highest BCUT2D eigenvalue weighted by atomic mass is 32.2. The minimum absolute atomic E-state index is 0.388. The number of thioether (sulfide) groups is 1. The molecule has 0 unspecified atom stereocenters. The molecule has 0 aliphatic carbocycles. The van der Waals surface area contributed by atoms with Gasteiger partial charge in [0.1, 0.15) is 11.5 Å². The van der Waals surface area contributed by atoms with Crippen LogP contribution in [-0.2, 0) is 9.53 Å². The van der Waals surface area contributed by atoms with Crippen LogP contribution in [-0.4, -0.2) is 34.2 Å². The van der Waals surface area contributed by atoms with E-state index in [1.54, 1.807) is 36.0 Å². The summed E-state index contributed by atoms with van der Waals surface area (Å²) in [6, 6.07) is 6.88. The van der Waals surface area contributed by atoms with E-state index in [2.05, 4.69) is 0 Å². The second-order valence-corrected chi connectivity index (χ2v) is 6.15. The second-order valence-electron chi connectivity index (χ2n) is 4.93. The van der Waals surface area contributed by atoms with E-state index in [9.17, 15) is 14.7 Å². The lowest BCUT2D eigenvalue weighted by Gasteiger charge is -2.44. The van der Waals surface area contributed by atoms with Crippen molar-refractivity contribution in [2.45, 2.75) is 24.4 Å². The van der Waals surface area contributed by atoms with Gasteiger partial charge in [0.15, 0.2) is 0 Å². The molecule has 0 bridgehead atoms. The van der Waals surface area contributed by atoms with Crippen LogP contribution in [0.3, 0.4) is 0 Å². The molecule has 1 saturated heterocycles. The number of hydrogen-bond donors (Lipinski definition) is 1. The van der Waals surface area contributed by atoms with Gasteiger partial charge in [0.05, 0.1) is 5.56 Å². The molecule has 19 heavy (non-hydrogen) atoms. The smallest absolute Gasteiger partial charge is 0.339 e. The third-order valence-electron chi connectivity index (χ3n) is 3.90. The van der Waals surface area contributed by atoms with E-state index in [1.165, 1.54) is 0 Å². The van der Waals surface area contributed by atoms with Gasteiger partial charge in [-0.25, -0.2) is 4.79 Å². The summed E-state index contributed by atoms with van der Waals surface area (Å²) in [6.07, 6.45) is 1.21. The first-order chi connectivity index (χ1) is 9.14. The number of carbonyl (C=O) groups excluding carboxylic acids is 1. The molecular formula is C14H14O4S. The van der Waals surface area contributed by atoms with E-state index >= 15 is 0 Å². The van der Waals surface area contributed by atoms with Crippen LogP contribution in [0.1, 0.15) is 34.7 Å². The molecule has 100 valence electrons. The summed E-state index contributed by atoms with van der Waals surface area (Å²) in [5, 5.41) is 9.59. The van der Waals surface area contributed by atoms with E-state index in [0.717, 1.165) is 11.5 Å². The number of fused-ring (bicyclic) bond motifs is 1. The molecule has 3 rings (SSSR count). The predicted molar refractivity (Wildman–Crippen MR) is 71.5 cm³/mol. The molecule has 1 spiro atoms. The van der Waals surface area contributed by atoms with Crippen molar-refractivity contribution in [2.24, 2.45) is 0 Å². The normalized spacial score (nSPS) is 24.6. The number of aliphatic carboxylic acids is 1. The topological polar surface area (TPSA) is 63.6 Å². The Kier molecular flexibility index (Phi) is 3.01. The van der Waals surface area contributed by atoms with Crippen LogP contribution in [0.4, 0.5) is 0 Å². The molecule has 0 saturated carbocycles. The Labute approximate surface area is 115 Å². The maximum absolute atomic E-state index is 12.1. The van der Waals surface area contributed by atoms with Crippen LogP contribution in [0.15, 0.2) is 24.3 Å². The molecule has 1 aromatic rings. The number of benzene rings is 1. The number of hydrogen-bond acceptors (Lipinski definition) is 4. The predicted octanol–water partition coefficient (Wildman–Crippen LogP) is 2.29. The summed E-state index contributed by atoms with van der Waals surface area (Å²) in [4.78, 5) is 23.8. The monoisotopic (exact) mass is 278 g/mol. The van der Waals surface area contributed by atoms with Crippen molar-refractivity contribution < 1.29 is 19.4 Å². The maximum Gasteiger partial charge on any atom is 0.339 e. The molecule has 0 aromatic heterocycles. The Hall–Kier alpha value is -1.49. The first-order valence-electron chi connectivity index (χ1n) is 6.27. The fourth-order valence-electron chi connectivity index (χ4n) is 2.98. The van der Waals surface area contributed by atoms with Crippen molar-refractivity contribution in [1.29, 1.82) is 0 Å². The Morgan fingerprint density at radius 1 is 1.32 bits per heavy atom. The molecule has 1 atom stereocenters. The van der Waals surface area contributed by atoms with Gasteiger partial charge >= 0.3 is 11.9 Å². The zero-order valence-electron chi connectivity index (χ0n) is 10.3. The quantitative estimate of drug-likeness (QED) is 0.798. The standard InChI is InChI=1S/C14H14O4S/c15-12(16)11-9-3-1-2-4-10(9)13(17)18-14(11)5-7-19-8-6-14/h1-4,11H,5-8H2,(H,15,16)/t11-/m1/s1. The first kappa shape index (κ1) is 12.5. The summed E-state index contributed by atoms with van der Waals surface area (Å²) in [5.74, 6) is -0.382. The van der Waals surface area contributed by atoms with E-state index < -0.39 is 17.5 Å². The van der Waals surface area contributed by atoms with Crippen molar-refractivity contribution >= 4 is 23.7 Å². The van der Waals surface area contributed by atoms with Gasteiger partial charge in [-0.3, -0.25) is 4.79 Å². The molecule has 1 fully saturated rings.